The molecule has 0 aliphatic rings. The summed E-state index contributed by atoms with van der Waals surface area (Å²) in [5.74, 6) is 0. The molecule has 0 amide bonds. The van der Waals surface area contributed by atoms with Gasteiger partial charge in [-0.3, -0.25) is 4.90 Å². The zero-order valence-electron chi connectivity index (χ0n) is 9.07. The van der Waals surface area contributed by atoms with Crippen molar-refractivity contribution in [1.29, 1.82) is 5.26 Å². The zero-order valence-corrected chi connectivity index (χ0v) is 9.83. The third-order valence-corrected chi connectivity index (χ3v) is 2.58. The molecule has 0 spiro atoms. The molecule has 2 nitrogen and oxygen atoms in total. The Bertz CT molecular complexity index is 340. The molecule has 15 heavy (non-hydrogen) atoms. The van der Waals surface area contributed by atoms with E-state index < -0.39 is 0 Å². The number of benzene rings is 1. The van der Waals surface area contributed by atoms with Gasteiger partial charge in [-0.1, -0.05) is 30.7 Å². The van der Waals surface area contributed by atoms with Gasteiger partial charge >= 0.3 is 0 Å². The average Bonchev–Trinajstić information content (AvgIpc) is 2.22. The highest BCUT2D eigenvalue weighted by molar-refractivity contribution is 6.30. The molecule has 0 N–H and O–H groups in total. The molecule has 1 aromatic rings. The number of hydrogen-bond acceptors (Lipinski definition) is 2. The lowest BCUT2D eigenvalue weighted by molar-refractivity contribution is 0.292. The molecule has 80 valence electrons. The molecule has 1 unspecified atom stereocenters. The smallest absolute Gasteiger partial charge is 0.123 e. The van der Waals surface area contributed by atoms with Crippen molar-refractivity contribution in [2.24, 2.45) is 0 Å². The third-order valence-electron chi connectivity index (χ3n) is 2.33. The van der Waals surface area contributed by atoms with Crippen LogP contribution < -0.4 is 0 Å². The van der Waals surface area contributed by atoms with E-state index in [9.17, 15) is 0 Å². The molecular formula is C12H15ClN2. The second-order valence-corrected chi connectivity index (χ2v) is 4.00. The van der Waals surface area contributed by atoms with Crippen molar-refractivity contribution in [3.8, 4) is 6.07 Å². The summed E-state index contributed by atoms with van der Waals surface area (Å²) in [5.41, 5.74) is 0.998. The van der Waals surface area contributed by atoms with Crippen LogP contribution in [0.3, 0.4) is 0 Å². The summed E-state index contributed by atoms with van der Waals surface area (Å²) in [6, 6.07) is 9.58. The van der Waals surface area contributed by atoms with Crippen molar-refractivity contribution < 1.29 is 0 Å². The topological polar surface area (TPSA) is 27.0 Å². The fourth-order valence-electron chi connectivity index (χ4n) is 1.55. The Labute approximate surface area is 96.1 Å². The van der Waals surface area contributed by atoms with E-state index in [4.69, 9.17) is 16.9 Å². The molecule has 1 rings (SSSR count). The van der Waals surface area contributed by atoms with Crippen molar-refractivity contribution in [3.05, 3.63) is 34.9 Å². The van der Waals surface area contributed by atoms with Gasteiger partial charge in [-0.15, -0.1) is 0 Å². The second kappa shape index (κ2) is 5.75. The van der Waals surface area contributed by atoms with Gasteiger partial charge in [0.1, 0.15) is 6.04 Å². The molecule has 0 heterocycles. The molecule has 1 atom stereocenters. The average molecular weight is 223 g/mol. The van der Waals surface area contributed by atoms with E-state index in [-0.39, 0.29) is 6.04 Å². The van der Waals surface area contributed by atoms with Gasteiger partial charge in [0.15, 0.2) is 0 Å². The quantitative estimate of drug-likeness (QED) is 0.782. The maximum absolute atomic E-state index is 9.12. The number of rotatable bonds is 4. The first kappa shape index (κ1) is 12.0. The van der Waals surface area contributed by atoms with Crippen LogP contribution in [0, 0.1) is 11.3 Å². The Morgan fingerprint density at radius 2 is 2.00 bits per heavy atom. The number of halogens is 1. The van der Waals surface area contributed by atoms with Crippen LogP contribution in [0.4, 0.5) is 0 Å². The zero-order chi connectivity index (χ0) is 11.3. The first-order chi connectivity index (χ1) is 7.19. The molecule has 0 saturated heterocycles. The summed E-state index contributed by atoms with van der Waals surface area (Å²) in [7, 11) is 1.96. The molecule has 0 fully saturated rings. The summed E-state index contributed by atoms with van der Waals surface area (Å²) in [4.78, 5) is 2.04. The van der Waals surface area contributed by atoms with Gasteiger partial charge in [-0.2, -0.15) is 5.26 Å². The minimum absolute atomic E-state index is 0.179. The Morgan fingerprint density at radius 3 is 2.47 bits per heavy atom. The summed E-state index contributed by atoms with van der Waals surface area (Å²) in [6.07, 6.45) is 1.04. The van der Waals surface area contributed by atoms with Gasteiger partial charge < -0.3 is 0 Å². The highest BCUT2D eigenvalue weighted by atomic mass is 35.5. The summed E-state index contributed by atoms with van der Waals surface area (Å²) >= 11 is 5.80. The predicted molar refractivity (Wildman–Crippen MR) is 62.7 cm³/mol. The van der Waals surface area contributed by atoms with Gasteiger partial charge in [-0.05, 0) is 37.7 Å². The van der Waals surface area contributed by atoms with Gasteiger partial charge in [0, 0.05) is 5.02 Å². The van der Waals surface area contributed by atoms with Crippen molar-refractivity contribution in [1.82, 2.24) is 4.90 Å². The van der Waals surface area contributed by atoms with Gasteiger partial charge in [0.05, 0.1) is 6.07 Å². The minimum atomic E-state index is -0.179. The van der Waals surface area contributed by atoms with Crippen LogP contribution in [0.2, 0.25) is 5.02 Å². The highest BCUT2D eigenvalue weighted by Gasteiger charge is 2.14. The molecule has 0 saturated carbocycles. The SMILES string of the molecule is CCCN(C)C(C#N)c1ccc(Cl)cc1. The van der Waals surface area contributed by atoms with Crippen LogP contribution in [0.1, 0.15) is 24.9 Å². The van der Waals surface area contributed by atoms with E-state index in [2.05, 4.69) is 13.0 Å². The molecular weight excluding hydrogens is 208 g/mol. The van der Waals surface area contributed by atoms with Crippen LogP contribution in [0.25, 0.3) is 0 Å². The number of nitriles is 1. The van der Waals surface area contributed by atoms with Crippen LogP contribution in [0.15, 0.2) is 24.3 Å². The molecule has 0 aromatic heterocycles. The van der Waals surface area contributed by atoms with Gasteiger partial charge in [0.25, 0.3) is 0 Å². The van der Waals surface area contributed by atoms with Crippen molar-refractivity contribution in [2.75, 3.05) is 13.6 Å². The Kier molecular flexibility index (Phi) is 4.61. The van der Waals surface area contributed by atoms with E-state index >= 15 is 0 Å². The van der Waals surface area contributed by atoms with E-state index in [0.29, 0.717) is 5.02 Å². The normalized spacial score (nSPS) is 12.5. The Morgan fingerprint density at radius 1 is 1.40 bits per heavy atom. The molecule has 1 aromatic carbocycles. The fraction of sp³-hybridized carbons (Fsp3) is 0.417. The number of nitrogens with zero attached hydrogens (tertiary/aromatic N) is 2. The Balaban J connectivity index is 2.84. The van der Waals surface area contributed by atoms with E-state index in [0.717, 1.165) is 18.5 Å². The monoisotopic (exact) mass is 222 g/mol. The first-order valence-corrected chi connectivity index (χ1v) is 5.42. The lowest BCUT2D eigenvalue weighted by Gasteiger charge is -2.21. The summed E-state index contributed by atoms with van der Waals surface area (Å²) in [5, 5.41) is 9.82. The summed E-state index contributed by atoms with van der Waals surface area (Å²) in [6.45, 7) is 3.02. The second-order valence-electron chi connectivity index (χ2n) is 3.56. The predicted octanol–water partition coefficient (Wildman–Crippen LogP) is 3.25. The molecule has 0 aliphatic carbocycles. The first-order valence-electron chi connectivity index (χ1n) is 5.04. The highest BCUT2D eigenvalue weighted by Crippen LogP contribution is 2.20. The van der Waals surface area contributed by atoms with E-state index in [1.165, 1.54) is 0 Å². The maximum Gasteiger partial charge on any atom is 0.123 e. The Hall–Kier alpha value is -1.04. The lowest BCUT2D eigenvalue weighted by Crippen LogP contribution is -2.24. The lowest BCUT2D eigenvalue weighted by atomic mass is 10.1. The van der Waals surface area contributed by atoms with Crippen LogP contribution in [-0.4, -0.2) is 18.5 Å². The van der Waals surface area contributed by atoms with Crippen molar-refractivity contribution in [2.45, 2.75) is 19.4 Å². The van der Waals surface area contributed by atoms with Crippen molar-refractivity contribution in [3.63, 3.8) is 0 Å². The van der Waals surface area contributed by atoms with Crippen molar-refractivity contribution >= 4 is 11.6 Å². The van der Waals surface area contributed by atoms with Gasteiger partial charge in [0.2, 0.25) is 0 Å². The summed E-state index contributed by atoms with van der Waals surface area (Å²) < 4.78 is 0. The standard InChI is InChI=1S/C12H15ClN2/c1-3-8-15(2)12(9-14)10-4-6-11(13)7-5-10/h4-7,12H,3,8H2,1-2H3. The van der Waals surface area contributed by atoms with E-state index in [1.54, 1.807) is 0 Å². The van der Waals surface area contributed by atoms with E-state index in [1.807, 2.05) is 36.2 Å². The largest absolute Gasteiger partial charge is 0.287 e. The maximum atomic E-state index is 9.12. The third kappa shape index (κ3) is 3.23. The fourth-order valence-corrected chi connectivity index (χ4v) is 1.68. The van der Waals surface area contributed by atoms with Crippen LogP contribution in [-0.2, 0) is 0 Å². The molecule has 0 radical (unpaired) electrons. The van der Waals surface area contributed by atoms with Gasteiger partial charge in [-0.25, -0.2) is 0 Å². The van der Waals surface area contributed by atoms with Crippen LogP contribution >= 0.6 is 11.6 Å². The number of hydrogen-bond donors (Lipinski definition) is 0. The molecule has 0 bridgehead atoms. The molecule has 3 heteroatoms. The van der Waals surface area contributed by atoms with Crippen LogP contribution in [0.5, 0.6) is 0 Å². The molecule has 0 aliphatic heterocycles. The minimum Gasteiger partial charge on any atom is -0.287 e.